The van der Waals surface area contributed by atoms with Gasteiger partial charge in [-0.05, 0) is 20.3 Å². The van der Waals surface area contributed by atoms with Gasteiger partial charge in [0, 0.05) is 30.8 Å². The fourth-order valence-corrected chi connectivity index (χ4v) is 3.84. The van der Waals surface area contributed by atoms with E-state index in [1.807, 2.05) is 21.5 Å². The molecule has 5 rings (SSSR count). The third-order valence-electron chi connectivity index (χ3n) is 5.07. The predicted molar refractivity (Wildman–Crippen MR) is 106 cm³/mol. The molecule has 146 valence electrons. The van der Waals surface area contributed by atoms with Crippen molar-refractivity contribution in [3.8, 4) is 23.0 Å². The Morgan fingerprint density at radius 3 is 2.66 bits per heavy atom. The topological polar surface area (TPSA) is 103 Å². The summed E-state index contributed by atoms with van der Waals surface area (Å²) in [4.78, 5) is 24.5. The van der Waals surface area contributed by atoms with E-state index in [4.69, 9.17) is 4.98 Å². The molecule has 10 heteroatoms. The molecule has 1 aliphatic heterocycles. The van der Waals surface area contributed by atoms with E-state index in [0.717, 1.165) is 29.3 Å². The van der Waals surface area contributed by atoms with Gasteiger partial charge in [0.2, 0.25) is 5.95 Å². The second kappa shape index (κ2) is 6.73. The van der Waals surface area contributed by atoms with Crippen molar-refractivity contribution in [3.05, 3.63) is 49.5 Å². The lowest BCUT2D eigenvalue weighted by molar-refractivity contribution is 0.497. The summed E-state index contributed by atoms with van der Waals surface area (Å²) in [6.45, 7) is 6.46. The molecule has 0 N–H and O–H groups in total. The van der Waals surface area contributed by atoms with Crippen LogP contribution in [0.3, 0.4) is 0 Å². The van der Waals surface area contributed by atoms with E-state index in [0.29, 0.717) is 11.8 Å². The van der Waals surface area contributed by atoms with E-state index < -0.39 is 0 Å². The van der Waals surface area contributed by atoms with Crippen LogP contribution >= 0.6 is 0 Å². The smallest absolute Gasteiger partial charge is 0.237 e. The third-order valence-corrected chi connectivity index (χ3v) is 5.07. The molecule has 0 fully saturated rings. The molecule has 0 aliphatic carbocycles. The lowest BCUT2D eigenvalue weighted by atomic mass is 10.1. The van der Waals surface area contributed by atoms with E-state index in [9.17, 15) is 0 Å². The minimum Gasteiger partial charge on any atom is -0.342 e. The van der Waals surface area contributed by atoms with Gasteiger partial charge in [-0.2, -0.15) is 4.98 Å². The lowest BCUT2D eigenvalue weighted by Crippen LogP contribution is -2.40. The Hall–Kier alpha value is -3.69. The van der Waals surface area contributed by atoms with E-state index in [1.54, 1.807) is 24.9 Å². The molecule has 0 spiro atoms. The van der Waals surface area contributed by atoms with E-state index >= 15 is 0 Å². The fourth-order valence-electron chi connectivity index (χ4n) is 3.84. The molecule has 0 saturated heterocycles. The van der Waals surface area contributed by atoms with Crippen molar-refractivity contribution in [1.29, 1.82) is 0 Å². The average molecular weight is 388 g/mol. The molecule has 0 bridgehead atoms. The monoisotopic (exact) mass is 388 g/mol. The molecule has 1 atom stereocenters. The van der Waals surface area contributed by atoms with Gasteiger partial charge in [0.1, 0.15) is 24.2 Å². The number of rotatable bonds is 4. The molecule has 1 unspecified atom stereocenters. The van der Waals surface area contributed by atoms with Gasteiger partial charge < -0.3 is 4.90 Å². The highest BCUT2D eigenvalue weighted by Crippen LogP contribution is 2.39. The summed E-state index contributed by atoms with van der Waals surface area (Å²) in [5.41, 5.74) is 1.67. The van der Waals surface area contributed by atoms with Gasteiger partial charge in [-0.25, -0.2) is 19.9 Å². The van der Waals surface area contributed by atoms with Gasteiger partial charge in [-0.3, -0.25) is 9.13 Å². The van der Waals surface area contributed by atoms with Crippen LogP contribution in [0.4, 0.5) is 5.82 Å². The number of fused-ring (bicyclic) bond motifs is 3. The first-order chi connectivity index (χ1) is 14.2. The minimum atomic E-state index is 0.0949. The maximum Gasteiger partial charge on any atom is 0.237 e. The van der Waals surface area contributed by atoms with Crippen LogP contribution in [0.25, 0.3) is 23.0 Å². The summed E-state index contributed by atoms with van der Waals surface area (Å²) in [7, 11) is 0. The van der Waals surface area contributed by atoms with Crippen LogP contribution in [0, 0.1) is 0 Å². The summed E-state index contributed by atoms with van der Waals surface area (Å²) >= 11 is 0. The lowest BCUT2D eigenvalue weighted by Gasteiger charge is -2.39. The molecule has 0 saturated carbocycles. The normalized spacial score (nSPS) is 15.4. The van der Waals surface area contributed by atoms with Crippen LogP contribution in [0.2, 0.25) is 0 Å². The van der Waals surface area contributed by atoms with Crippen molar-refractivity contribution in [2.24, 2.45) is 0 Å². The molecule has 0 amide bonds. The molecule has 5 heterocycles. The van der Waals surface area contributed by atoms with Crippen molar-refractivity contribution >= 4 is 5.82 Å². The second-order valence-corrected chi connectivity index (χ2v) is 7.11. The standard InChI is InChI=1S/C19H20N10/c1-4-14-18-26-24-11-28(18)15-9-23-19(25-17(15)29(14)12(2)3)27-6-5-22-16(27)13-7-20-10-21-8-13/h5-12,14H,4H2,1-3H3. The fraction of sp³-hybridized carbons (Fsp3) is 0.316. The molecule has 0 aromatic carbocycles. The third kappa shape index (κ3) is 2.67. The average Bonchev–Trinajstić information content (AvgIpc) is 3.42. The van der Waals surface area contributed by atoms with Crippen LogP contribution in [0.1, 0.15) is 39.1 Å². The first-order valence-electron chi connectivity index (χ1n) is 9.53. The number of hydrogen-bond acceptors (Lipinski definition) is 8. The number of nitrogens with zero attached hydrogens (tertiary/aromatic N) is 10. The molecular weight excluding hydrogens is 368 g/mol. The zero-order valence-corrected chi connectivity index (χ0v) is 16.4. The van der Waals surface area contributed by atoms with Crippen LogP contribution in [-0.4, -0.2) is 50.3 Å². The second-order valence-electron chi connectivity index (χ2n) is 7.11. The Balaban J connectivity index is 1.68. The Labute approximate surface area is 167 Å². The highest BCUT2D eigenvalue weighted by atomic mass is 15.4. The van der Waals surface area contributed by atoms with Crippen molar-refractivity contribution < 1.29 is 0 Å². The quantitative estimate of drug-likeness (QED) is 0.525. The van der Waals surface area contributed by atoms with Crippen molar-refractivity contribution in [2.45, 2.75) is 39.3 Å². The highest BCUT2D eigenvalue weighted by Gasteiger charge is 2.35. The van der Waals surface area contributed by atoms with Gasteiger partial charge in [-0.15, -0.1) is 10.2 Å². The first kappa shape index (κ1) is 17.4. The molecule has 29 heavy (non-hydrogen) atoms. The Kier molecular flexibility index (Phi) is 4.04. The SMILES string of the molecule is CCC1c2nncn2-c2cnc(-n3ccnc3-c3cncnc3)nc2N1C(C)C. The largest absolute Gasteiger partial charge is 0.342 e. The minimum absolute atomic E-state index is 0.0949. The number of anilines is 1. The summed E-state index contributed by atoms with van der Waals surface area (Å²) in [5, 5.41) is 8.48. The molecule has 10 nitrogen and oxygen atoms in total. The summed E-state index contributed by atoms with van der Waals surface area (Å²) in [5.74, 6) is 2.99. The van der Waals surface area contributed by atoms with Crippen molar-refractivity contribution in [2.75, 3.05) is 4.90 Å². The van der Waals surface area contributed by atoms with Crippen LogP contribution in [0.5, 0.6) is 0 Å². The maximum absolute atomic E-state index is 4.94. The molecular formula is C19H20N10. The zero-order valence-electron chi connectivity index (χ0n) is 16.4. The Morgan fingerprint density at radius 2 is 1.90 bits per heavy atom. The summed E-state index contributed by atoms with van der Waals surface area (Å²) in [6, 6.07) is 0.328. The number of aromatic nitrogens is 9. The Bertz CT molecular complexity index is 1150. The molecule has 4 aromatic heterocycles. The van der Waals surface area contributed by atoms with Gasteiger partial charge in [0.05, 0.1) is 17.8 Å². The summed E-state index contributed by atoms with van der Waals surface area (Å²) < 4.78 is 3.83. The maximum atomic E-state index is 4.94. The van der Waals surface area contributed by atoms with E-state index in [2.05, 4.69) is 55.8 Å². The van der Waals surface area contributed by atoms with Crippen molar-refractivity contribution in [1.82, 2.24) is 44.3 Å². The van der Waals surface area contributed by atoms with Gasteiger partial charge in [-0.1, -0.05) is 6.92 Å². The first-order valence-corrected chi connectivity index (χ1v) is 9.53. The highest BCUT2D eigenvalue weighted by molar-refractivity contribution is 5.63. The number of imidazole rings is 1. The van der Waals surface area contributed by atoms with Gasteiger partial charge >= 0.3 is 0 Å². The molecule has 0 radical (unpaired) electrons. The van der Waals surface area contributed by atoms with E-state index in [-0.39, 0.29) is 12.1 Å². The van der Waals surface area contributed by atoms with Gasteiger partial charge in [0.25, 0.3) is 0 Å². The van der Waals surface area contributed by atoms with Crippen LogP contribution in [0.15, 0.2) is 43.6 Å². The predicted octanol–water partition coefficient (Wildman–Crippen LogP) is 2.38. The van der Waals surface area contributed by atoms with E-state index in [1.165, 1.54) is 6.33 Å². The number of hydrogen-bond donors (Lipinski definition) is 0. The van der Waals surface area contributed by atoms with Crippen LogP contribution in [-0.2, 0) is 0 Å². The van der Waals surface area contributed by atoms with Crippen molar-refractivity contribution in [3.63, 3.8) is 0 Å². The Morgan fingerprint density at radius 1 is 1.07 bits per heavy atom. The zero-order chi connectivity index (χ0) is 20.0. The molecule has 1 aliphatic rings. The molecule has 4 aromatic rings. The van der Waals surface area contributed by atoms with Gasteiger partial charge in [0.15, 0.2) is 11.6 Å². The summed E-state index contributed by atoms with van der Waals surface area (Å²) in [6.07, 6.45) is 12.9. The van der Waals surface area contributed by atoms with Crippen LogP contribution < -0.4 is 4.90 Å².